The largest absolute Gasteiger partial charge is 0.481 e. The second-order valence-electron chi connectivity index (χ2n) is 4.76. The predicted octanol–water partition coefficient (Wildman–Crippen LogP) is 0.0704. The number of carbonyl (C=O) groups excluding carboxylic acids is 3. The number of carbonyl (C=O) groups is 4. The first kappa shape index (κ1) is 11.0. The smallest absolute Gasteiger partial charge is 0.308 e. The Morgan fingerprint density at radius 1 is 1.19 bits per heavy atom. The average molecular weight is 224 g/mol. The van der Waals surface area contributed by atoms with Crippen molar-refractivity contribution in [2.75, 3.05) is 0 Å². The van der Waals surface area contributed by atoms with E-state index in [9.17, 15) is 19.2 Å². The van der Waals surface area contributed by atoms with Crippen LogP contribution >= 0.6 is 0 Å². The Bertz CT molecular complexity index is 367. The maximum absolute atomic E-state index is 11.2. The summed E-state index contributed by atoms with van der Waals surface area (Å²) in [5.74, 6) is -2.44. The summed E-state index contributed by atoms with van der Waals surface area (Å²) in [6, 6.07) is 0. The highest BCUT2D eigenvalue weighted by Crippen LogP contribution is 2.64. The lowest BCUT2D eigenvalue weighted by Gasteiger charge is -2.38. The van der Waals surface area contributed by atoms with Crippen molar-refractivity contribution in [3.63, 3.8) is 0 Å². The summed E-state index contributed by atoms with van der Waals surface area (Å²) in [6.45, 7) is 0. The molecule has 0 heterocycles. The number of hydrogen-bond donors (Lipinski definition) is 1. The number of rotatable bonds is 4. The van der Waals surface area contributed by atoms with Gasteiger partial charge in [-0.05, 0) is 25.2 Å². The third kappa shape index (κ3) is 0.956. The molecule has 0 spiro atoms. The van der Waals surface area contributed by atoms with Crippen molar-refractivity contribution in [1.29, 1.82) is 0 Å². The molecule has 2 fully saturated rings. The van der Waals surface area contributed by atoms with Gasteiger partial charge in [0.25, 0.3) is 0 Å². The molecule has 16 heavy (non-hydrogen) atoms. The summed E-state index contributed by atoms with van der Waals surface area (Å²) >= 11 is 0. The van der Waals surface area contributed by atoms with Crippen molar-refractivity contribution >= 4 is 24.8 Å². The molecule has 2 aliphatic rings. The summed E-state index contributed by atoms with van der Waals surface area (Å²) in [5.41, 5.74) is -2.73. The zero-order valence-electron chi connectivity index (χ0n) is 8.59. The second kappa shape index (κ2) is 3.23. The van der Waals surface area contributed by atoms with Crippen LogP contribution in [0.15, 0.2) is 0 Å². The van der Waals surface area contributed by atoms with Crippen molar-refractivity contribution in [2.45, 2.75) is 19.3 Å². The maximum Gasteiger partial charge on any atom is 0.308 e. The summed E-state index contributed by atoms with van der Waals surface area (Å²) in [6.07, 6.45) is 2.71. The molecular formula is C11H12O5. The summed E-state index contributed by atoms with van der Waals surface area (Å²) in [5, 5.41) is 9.11. The number of carboxylic acid groups (broad SMARTS) is 1. The SMILES string of the molecule is O=CC12CCC(C1)C(C(=O)O)C2(C=O)C=O. The zero-order valence-corrected chi connectivity index (χ0v) is 8.59. The van der Waals surface area contributed by atoms with Crippen LogP contribution in [0.1, 0.15) is 19.3 Å². The van der Waals surface area contributed by atoms with Gasteiger partial charge in [-0.25, -0.2) is 0 Å². The van der Waals surface area contributed by atoms with Gasteiger partial charge in [0.2, 0.25) is 0 Å². The monoisotopic (exact) mass is 224 g/mol. The van der Waals surface area contributed by atoms with Gasteiger partial charge in [-0.2, -0.15) is 0 Å². The molecule has 2 saturated carbocycles. The molecule has 2 bridgehead atoms. The van der Waals surface area contributed by atoms with E-state index in [-0.39, 0.29) is 5.92 Å². The molecule has 86 valence electrons. The van der Waals surface area contributed by atoms with E-state index in [2.05, 4.69) is 0 Å². The van der Waals surface area contributed by atoms with E-state index < -0.39 is 22.7 Å². The van der Waals surface area contributed by atoms with Gasteiger partial charge in [-0.1, -0.05) is 0 Å². The van der Waals surface area contributed by atoms with Gasteiger partial charge >= 0.3 is 5.97 Å². The van der Waals surface area contributed by atoms with Gasteiger partial charge in [0.15, 0.2) is 0 Å². The molecule has 0 aliphatic heterocycles. The quantitative estimate of drug-likeness (QED) is 0.539. The standard InChI is InChI=1S/C11H12O5/c12-4-10-2-1-7(3-10)8(9(15)16)11(10,5-13)6-14/h4-8H,1-3H2,(H,15,16). The highest BCUT2D eigenvalue weighted by Gasteiger charge is 2.70. The van der Waals surface area contributed by atoms with Gasteiger partial charge < -0.3 is 19.5 Å². The number of aliphatic carboxylic acids is 1. The minimum Gasteiger partial charge on any atom is -0.481 e. The molecule has 0 aromatic carbocycles. The molecule has 0 aromatic heterocycles. The second-order valence-corrected chi connectivity index (χ2v) is 4.76. The van der Waals surface area contributed by atoms with E-state index in [1.807, 2.05) is 0 Å². The minimum absolute atomic E-state index is 0.238. The summed E-state index contributed by atoms with van der Waals surface area (Å²) in [7, 11) is 0. The third-order valence-corrected chi connectivity index (χ3v) is 4.32. The van der Waals surface area contributed by atoms with Crippen LogP contribution in [0.2, 0.25) is 0 Å². The molecule has 5 nitrogen and oxygen atoms in total. The topological polar surface area (TPSA) is 88.5 Å². The van der Waals surface area contributed by atoms with Crippen LogP contribution in [0.5, 0.6) is 0 Å². The van der Waals surface area contributed by atoms with Crippen molar-refractivity contribution in [3.8, 4) is 0 Å². The van der Waals surface area contributed by atoms with E-state index in [0.717, 1.165) is 0 Å². The van der Waals surface area contributed by atoms with Crippen LogP contribution in [0.4, 0.5) is 0 Å². The Labute approximate surface area is 91.8 Å². The number of hydrogen-bond acceptors (Lipinski definition) is 4. The van der Waals surface area contributed by atoms with Crippen LogP contribution in [0.3, 0.4) is 0 Å². The van der Waals surface area contributed by atoms with Crippen LogP contribution in [0, 0.1) is 22.7 Å². The fourth-order valence-corrected chi connectivity index (χ4v) is 3.52. The fourth-order valence-electron chi connectivity index (χ4n) is 3.52. The molecule has 5 heteroatoms. The first-order valence-electron chi connectivity index (χ1n) is 5.19. The summed E-state index contributed by atoms with van der Waals surface area (Å²) in [4.78, 5) is 44.7. The minimum atomic E-state index is -1.65. The zero-order chi connectivity index (χ0) is 12.0. The van der Waals surface area contributed by atoms with Crippen molar-refractivity contribution in [2.24, 2.45) is 22.7 Å². The Kier molecular flexibility index (Phi) is 2.22. The van der Waals surface area contributed by atoms with Crippen LogP contribution in [-0.4, -0.2) is 29.9 Å². The Balaban J connectivity index is 2.58. The third-order valence-electron chi connectivity index (χ3n) is 4.32. The first-order chi connectivity index (χ1) is 7.57. The fraction of sp³-hybridized carbons (Fsp3) is 0.636. The van der Waals surface area contributed by atoms with Crippen molar-refractivity contribution in [3.05, 3.63) is 0 Å². The lowest BCUT2D eigenvalue weighted by Crippen LogP contribution is -2.50. The number of carboxylic acids is 1. The molecule has 2 rings (SSSR count). The lowest BCUT2D eigenvalue weighted by molar-refractivity contribution is -0.159. The van der Waals surface area contributed by atoms with Gasteiger partial charge in [0, 0.05) is 5.41 Å². The van der Waals surface area contributed by atoms with E-state index in [1.165, 1.54) is 0 Å². The summed E-state index contributed by atoms with van der Waals surface area (Å²) < 4.78 is 0. The Hall–Kier alpha value is -1.52. The van der Waals surface area contributed by atoms with Crippen LogP contribution < -0.4 is 0 Å². The van der Waals surface area contributed by atoms with Crippen molar-refractivity contribution in [1.82, 2.24) is 0 Å². The van der Waals surface area contributed by atoms with Crippen LogP contribution in [0.25, 0.3) is 0 Å². The molecule has 0 radical (unpaired) electrons. The first-order valence-corrected chi connectivity index (χ1v) is 5.19. The average Bonchev–Trinajstić information content (AvgIpc) is 2.82. The molecule has 0 amide bonds. The molecule has 1 N–H and O–H groups in total. The van der Waals surface area contributed by atoms with E-state index in [0.29, 0.717) is 38.1 Å². The highest BCUT2D eigenvalue weighted by atomic mass is 16.4. The normalized spacial score (nSPS) is 39.2. The molecule has 3 atom stereocenters. The van der Waals surface area contributed by atoms with Crippen molar-refractivity contribution < 1.29 is 24.3 Å². The van der Waals surface area contributed by atoms with E-state index >= 15 is 0 Å². The molecule has 3 unspecified atom stereocenters. The maximum atomic E-state index is 11.2. The molecule has 0 saturated heterocycles. The number of fused-ring (bicyclic) bond motifs is 2. The Morgan fingerprint density at radius 2 is 1.81 bits per heavy atom. The molecular weight excluding hydrogens is 212 g/mol. The predicted molar refractivity (Wildman–Crippen MR) is 51.5 cm³/mol. The van der Waals surface area contributed by atoms with Gasteiger partial charge in [-0.3, -0.25) is 4.79 Å². The lowest BCUT2D eigenvalue weighted by atomic mass is 9.60. The molecule has 2 aliphatic carbocycles. The van der Waals surface area contributed by atoms with Gasteiger partial charge in [-0.15, -0.1) is 0 Å². The van der Waals surface area contributed by atoms with Crippen LogP contribution in [-0.2, 0) is 19.2 Å². The number of aldehydes is 3. The van der Waals surface area contributed by atoms with E-state index in [4.69, 9.17) is 5.11 Å². The van der Waals surface area contributed by atoms with Gasteiger partial charge in [0.1, 0.15) is 24.3 Å². The Morgan fingerprint density at radius 3 is 2.25 bits per heavy atom. The van der Waals surface area contributed by atoms with E-state index in [1.54, 1.807) is 0 Å². The highest BCUT2D eigenvalue weighted by molar-refractivity contribution is 5.97. The molecule has 0 aromatic rings. The van der Waals surface area contributed by atoms with Gasteiger partial charge in [0.05, 0.1) is 5.92 Å².